The second-order valence-corrected chi connectivity index (χ2v) is 6.52. The maximum atomic E-state index is 12.5. The van der Waals surface area contributed by atoms with Crippen LogP contribution in [0.2, 0.25) is 0 Å². The number of hydrogen-bond acceptors (Lipinski definition) is 3. The Hall–Kier alpha value is -1.10. The number of carboxylic acids is 1. The highest BCUT2D eigenvalue weighted by atomic mass is 16.4. The van der Waals surface area contributed by atoms with Gasteiger partial charge in [-0.3, -0.25) is 14.5 Å². The molecule has 5 nitrogen and oxygen atoms in total. The van der Waals surface area contributed by atoms with Crippen LogP contribution in [0.5, 0.6) is 0 Å². The number of carbonyl (C=O) groups excluding carboxylic acids is 1. The molecular formula is C16H28N2O3. The monoisotopic (exact) mass is 296 g/mol. The number of piperidine rings is 1. The third-order valence-electron chi connectivity index (χ3n) is 4.84. The lowest BCUT2D eigenvalue weighted by Gasteiger charge is -2.38. The first-order valence-electron chi connectivity index (χ1n) is 8.34. The van der Waals surface area contributed by atoms with E-state index in [-0.39, 0.29) is 18.4 Å². The summed E-state index contributed by atoms with van der Waals surface area (Å²) >= 11 is 0. The van der Waals surface area contributed by atoms with Gasteiger partial charge in [-0.15, -0.1) is 0 Å². The van der Waals surface area contributed by atoms with E-state index < -0.39 is 12.0 Å². The van der Waals surface area contributed by atoms with Crippen molar-refractivity contribution >= 4 is 11.9 Å². The lowest BCUT2D eigenvalue weighted by atomic mass is 9.91. The van der Waals surface area contributed by atoms with Gasteiger partial charge in [0.25, 0.3) is 0 Å². The molecule has 2 fully saturated rings. The Morgan fingerprint density at radius 3 is 2.24 bits per heavy atom. The van der Waals surface area contributed by atoms with Crippen LogP contribution in [-0.2, 0) is 9.59 Å². The average Bonchev–Trinajstić information content (AvgIpc) is 2.37. The molecule has 2 rings (SSSR count). The minimum Gasteiger partial charge on any atom is -0.480 e. The summed E-state index contributed by atoms with van der Waals surface area (Å²) < 4.78 is 0. The molecule has 0 aliphatic carbocycles. The number of carbonyl (C=O) groups is 2. The van der Waals surface area contributed by atoms with Crippen LogP contribution in [0, 0.1) is 5.92 Å². The highest BCUT2D eigenvalue weighted by Gasteiger charge is 2.35. The zero-order chi connectivity index (χ0) is 15.2. The summed E-state index contributed by atoms with van der Waals surface area (Å²) in [6.07, 6.45) is 7.73. The second kappa shape index (κ2) is 7.78. The predicted octanol–water partition coefficient (Wildman–Crippen LogP) is 1.96. The van der Waals surface area contributed by atoms with Crippen molar-refractivity contribution in [1.29, 1.82) is 0 Å². The van der Waals surface area contributed by atoms with Crippen molar-refractivity contribution < 1.29 is 14.7 Å². The van der Waals surface area contributed by atoms with Crippen LogP contribution < -0.4 is 0 Å². The second-order valence-electron chi connectivity index (χ2n) is 6.52. The maximum absolute atomic E-state index is 12.5. The fourth-order valence-corrected chi connectivity index (χ4v) is 3.62. The molecule has 0 saturated carbocycles. The minimum atomic E-state index is -0.789. The zero-order valence-corrected chi connectivity index (χ0v) is 13.1. The standard InChI is InChI=1S/C16H28N2O3/c1-13-8-7-11-18(15(13)16(20)21)12-14(19)17-9-5-3-2-4-6-10-17/h13,15H,2-12H2,1H3,(H,20,21). The van der Waals surface area contributed by atoms with Gasteiger partial charge in [-0.2, -0.15) is 0 Å². The molecule has 21 heavy (non-hydrogen) atoms. The van der Waals surface area contributed by atoms with Gasteiger partial charge < -0.3 is 10.0 Å². The van der Waals surface area contributed by atoms with E-state index in [0.717, 1.165) is 45.3 Å². The van der Waals surface area contributed by atoms with Gasteiger partial charge in [0.2, 0.25) is 5.91 Å². The molecule has 0 aromatic carbocycles. The van der Waals surface area contributed by atoms with Crippen molar-refractivity contribution in [2.24, 2.45) is 5.92 Å². The van der Waals surface area contributed by atoms with Gasteiger partial charge in [0.15, 0.2) is 0 Å². The SMILES string of the molecule is CC1CCCN(CC(=O)N2CCCCCCC2)C1C(=O)O. The lowest BCUT2D eigenvalue weighted by molar-refractivity contribution is -0.148. The molecule has 2 aliphatic rings. The van der Waals surface area contributed by atoms with Gasteiger partial charge in [-0.05, 0) is 38.1 Å². The molecule has 5 heteroatoms. The van der Waals surface area contributed by atoms with E-state index in [4.69, 9.17) is 0 Å². The van der Waals surface area contributed by atoms with E-state index >= 15 is 0 Å². The van der Waals surface area contributed by atoms with Crippen molar-refractivity contribution in [1.82, 2.24) is 9.80 Å². The Kier molecular flexibility index (Phi) is 6.03. The van der Waals surface area contributed by atoms with Crippen LogP contribution in [0.25, 0.3) is 0 Å². The maximum Gasteiger partial charge on any atom is 0.321 e. The van der Waals surface area contributed by atoms with Crippen molar-refractivity contribution in [3.8, 4) is 0 Å². The highest BCUT2D eigenvalue weighted by Crippen LogP contribution is 2.23. The quantitative estimate of drug-likeness (QED) is 0.865. The number of hydrogen-bond donors (Lipinski definition) is 1. The Bertz CT molecular complexity index is 365. The first-order chi connectivity index (χ1) is 10.1. The van der Waals surface area contributed by atoms with Gasteiger partial charge in [0, 0.05) is 13.1 Å². The fraction of sp³-hybridized carbons (Fsp3) is 0.875. The minimum absolute atomic E-state index is 0.109. The molecule has 1 amide bonds. The summed E-state index contributed by atoms with van der Waals surface area (Å²) in [6, 6.07) is -0.502. The van der Waals surface area contributed by atoms with Gasteiger partial charge in [0.1, 0.15) is 6.04 Å². The summed E-state index contributed by atoms with van der Waals surface area (Å²) in [5, 5.41) is 9.42. The van der Waals surface area contributed by atoms with Crippen molar-refractivity contribution in [2.75, 3.05) is 26.2 Å². The number of likely N-dealkylation sites (tertiary alicyclic amines) is 2. The van der Waals surface area contributed by atoms with E-state index in [9.17, 15) is 14.7 Å². The number of nitrogens with zero attached hydrogens (tertiary/aromatic N) is 2. The van der Waals surface area contributed by atoms with Crippen LogP contribution in [-0.4, -0.2) is 59.0 Å². The molecule has 0 aromatic rings. The first kappa shape index (κ1) is 16.3. The van der Waals surface area contributed by atoms with E-state index in [1.807, 2.05) is 16.7 Å². The molecule has 0 bridgehead atoms. The lowest BCUT2D eigenvalue weighted by Crippen LogP contribution is -2.53. The average molecular weight is 296 g/mol. The number of amides is 1. The summed E-state index contributed by atoms with van der Waals surface area (Å²) in [5.74, 6) is -0.559. The third-order valence-corrected chi connectivity index (χ3v) is 4.84. The molecule has 1 N–H and O–H groups in total. The summed E-state index contributed by atoms with van der Waals surface area (Å²) in [4.78, 5) is 27.8. The van der Waals surface area contributed by atoms with E-state index in [1.165, 1.54) is 19.3 Å². The molecule has 0 aromatic heterocycles. The van der Waals surface area contributed by atoms with Gasteiger partial charge in [0.05, 0.1) is 6.54 Å². The molecule has 2 saturated heterocycles. The number of carboxylic acid groups (broad SMARTS) is 1. The molecule has 0 radical (unpaired) electrons. The Morgan fingerprint density at radius 1 is 1.00 bits per heavy atom. The number of aliphatic carboxylic acids is 1. The summed E-state index contributed by atoms with van der Waals surface area (Å²) in [5.41, 5.74) is 0. The summed E-state index contributed by atoms with van der Waals surface area (Å²) in [6.45, 7) is 4.63. The van der Waals surface area contributed by atoms with E-state index in [0.29, 0.717) is 0 Å². The van der Waals surface area contributed by atoms with Crippen molar-refractivity contribution in [3.63, 3.8) is 0 Å². The van der Waals surface area contributed by atoms with Crippen molar-refractivity contribution in [3.05, 3.63) is 0 Å². The Morgan fingerprint density at radius 2 is 1.62 bits per heavy atom. The highest BCUT2D eigenvalue weighted by molar-refractivity contribution is 5.80. The molecular weight excluding hydrogens is 268 g/mol. The molecule has 0 spiro atoms. The normalized spacial score (nSPS) is 28.7. The van der Waals surface area contributed by atoms with Crippen LogP contribution in [0.15, 0.2) is 0 Å². The zero-order valence-electron chi connectivity index (χ0n) is 13.1. The molecule has 2 heterocycles. The van der Waals surface area contributed by atoms with Gasteiger partial charge in [-0.25, -0.2) is 0 Å². The van der Waals surface area contributed by atoms with Gasteiger partial charge >= 0.3 is 5.97 Å². The van der Waals surface area contributed by atoms with E-state index in [1.54, 1.807) is 0 Å². The van der Waals surface area contributed by atoms with Crippen LogP contribution in [0.4, 0.5) is 0 Å². The molecule has 2 unspecified atom stereocenters. The topological polar surface area (TPSA) is 60.9 Å². The Balaban J connectivity index is 1.94. The largest absolute Gasteiger partial charge is 0.480 e. The van der Waals surface area contributed by atoms with Crippen molar-refractivity contribution in [2.45, 2.75) is 57.9 Å². The smallest absolute Gasteiger partial charge is 0.321 e. The first-order valence-corrected chi connectivity index (χ1v) is 8.34. The fourth-order valence-electron chi connectivity index (χ4n) is 3.62. The number of rotatable bonds is 3. The van der Waals surface area contributed by atoms with Crippen LogP contribution in [0.3, 0.4) is 0 Å². The molecule has 2 aliphatic heterocycles. The van der Waals surface area contributed by atoms with E-state index in [2.05, 4.69) is 0 Å². The predicted molar refractivity (Wildman–Crippen MR) is 81.1 cm³/mol. The molecule has 2 atom stereocenters. The Labute approximate surface area is 127 Å². The van der Waals surface area contributed by atoms with Gasteiger partial charge in [-0.1, -0.05) is 26.2 Å². The third kappa shape index (κ3) is 4.43. The van der Waals surface area contributed by atoms with Crippen LogP contribution in [0.1, 0.15) is 51.9 Å². The summed E-state index contributed by atoms with van der Waals surface area (Å²) in [7, 11) is 0. The molecule has 120 valence electrons. The van der Waals surface area contributed by atoms with Crippen LogP contribution >= 0.6 is 0 Å².